The summed E-state index contributed by atoms with van der Waals surface area (Å²) in [6, 6.07) is 13.4. The first kappa shape index (κ1) is 24.0. The Kier molecular flexibility index (Phi) is 5.93. The molecule has 5 heterocycles. The Morgan fingerprint density at radius 3 is 2.38 bits per heavy atom. The Morgan fingerprint density at radius 1 is 0.872 bits per heavy atom. The van der Waals surface area contributed by atoms with Crippen LogP contribution in [0.25, 0.3) is 28.2 Å². The minimum Gasteiger partial charge on any atom is -0.381 e. The van der Waals surface area contributed by atoms with Crippen LogP contribution in [0.4, 0.5) is 20.2 Å². The lowest BCUT2D eigenvalue weighted by Crippen LogP contribution is -2.29. The van der Waals surface area contributed by atoms with Crippen LogP contribution in [0, 0.1) is 34.8 Å². The second-order valence-corrected chi connectivity index (χ2v) is 10.7. The quantitative estimate of drug-likeness (QED) is 0.359. The van der Waals surface area contributed by atoms with Crippen molar-refractivity contribution in [1.82, 2.24) is 14.5 Å². The molecule has 9 heteroatoms. The van der Waals surface area contributed by atoms with Gasteiger partial charge in [-0.05, 0) is 61.7 Å². The second kappa shape index (κ2) is 9.62. The van der Waals surface area contributed by atoms with E-state index in [4.69, 9.17) is 9.72 Å². The fourth-order valence-electron chi connectivity index (χ4n) is 6.29. The fraction of sp³-hybridized carbons (Fsp3) is 0.367. The van der Waals surface area contributed by atoms with Crippen LogP contribution in [0.2, 0.25) is 0 Å². The minimum absolute atomic E-state index is 0.0511. The Morgan fingerprint density at radius 2 is 1.67 bits per heavy atom. The van der Waals surface area contributed by atoms with Gasteiger partial charge in [0, 0.05) is 55.5 Å². The third-order valence-corrected chi connectivity index (χ3v) is 8.35. The predicted octanol–water partition coefficient (Wildman–Crippen LogP) is 5.31. The van der Waals surface area contributed by atoms with Crippen LogP contribution in [0.5, 0.6) is 0 Å². The molecular weight excluding hydrogens is 498 g/mol. The highest BCUT2D eigenvalue weighted by Crippen LogP contribution is 2.37. The number of pyridine rings is 1. The summed E-state index contributed by atoms with van der Waals surface area (Å²) in [5.41, 5.74) is 3.63. The van der Waals surface area contributed by atoms with E-state index < -0.39 is 11.6 Å². The van der Waals surface area contributed by atoms with E-state index in [0.717, 1.165) is 63.6 Å². The monoisotopic (exact) mass is 526 g/mol. The molecule has 2 aromatic carbocycles. The molecule has 0 aliphatic carbocycles. The normalized spacial score (nSPS) is 20.9. The van der Waals surface area contributed by atoms with Crippen molar-refractivity contribution in [1.29, 1.82) is 5.26 Å². The van der Waals surface area contributed by atoms with Gasteiger partial charge in [0.15, 0.2) is 5.65 Å². The Hall–Kier alpha value is -4.03. The lowest BCUT2D eigenvalue weighted by Gasteiger charge is -2.28. The van der Waals surface area contributed by atoms with Gasteiger partial charge in [0.05, 0.1) is 30.2 Å². The van der Waals surface area contributed by atoms with Crippen molar-refractivity contribution in [2.45, 2.75) is 19.3 Å². The Bertz CT molecular complexity index is 1590. The van der Waals surface area contributed by atoms with Crippen LogP contribution in [0.1, 0.15) is 24.8 Å². The van der Waals surface area contributed by atoms with Crippen molar-refractivity contribution in [2.24, 2.45) is 11.8 Å². The molecule has 3 saturated heterocycles. The van der Waals surface area contributed by atoms with Gasteiger partial charge in [-0.2, -0.15) is 5.26 Å². The van der Waals surface area contributed by atoms with Gasteiger partial charge in [0.2, 0.25) is 0 Å². The number of halogens is 2. The molecule has 7 rings (SSSR count). The van der Waals surface area contributed by atoms with Gasteiger partial charge in [-0.1, -0.05) is 0 Å². The molecule has 0 bridgehead atoms. The molecule has 0 saturated carbocycles. The average molecular weight is 527 g/mol. The van der Waals surface area contributed by atoms with E-state index in [-0.39, 0.29) is 5.56 Å². The summed E-state index contributed by atoms with van der Waals surface area (Å²) in [7, 11) is 0. The first-order chi connectivity index (χ1) is 19.1. The summed E-state index contributed by atoms with van der Waals surface area (Å²) in [6.45, 7) is 5.07. The Labute approximate surface area is 225 Å². The summed E-state index contributed by atoms with van der Waals surface area (Å²) in [6.07, 6.45) is 5.11. The molecule has 2 aromatic heterocycles. The van der Waals surface area contributed by atoms with Crippen LogP contribution in [-0.4, -0.2) is 53.9 Å². The molecule has 0 radical (unpaired) electrons. The van der Waals surface area contributed by atoms with Gasteiger partial charge in [0.25, 0.3) is 0 Å². The van der Waals surface area contributed by atoms with Crippen molar-refractivity contribution in [3.8, 4) is 23.1 Å². The van der Waals surface area contributed by atoms with Crippen LogP contribution in [-0.2, 0) is 4.74 Å². The van der Waals surface area contributed by atoms with Gasteiger partial charge >= 0.3 is 0 Å². The third-order valence-electron chi connectivity index (χ3n) is 8.35. The van der Waals surface area contributed by atoms with E-state index in [1.807, 2.05) is 18.2 Å². The number of nitriles is 1. The van der Waals surface area contributed by atoms with Crippen LogP contribution >= 0.6 is 0 Å². The summed E-state index contributed by atoms with van der Waals surface area (Å²) in [5.74, 6) is 0.309. The SMILES string of the molecule is N#Cc1ccc(-c2nc3c(N4CCCCC4)ccnc3n2-c2ccc(N3CC4COCC4C3)cc2F)cc1F. The molecule has 7 nitrogen and oxygen atoms in total. The number of anilines is 2. The topological polar surface area (TPSA) is 70.2 Å². The maximum absolute atomic E-state index is 16.0. The number of hydrogen-bond acceptors (Lipinski definition) is 6. The number of rotatable bonds is 4. The maximum Gasteiger partial charge on any atom is 0.167 e. The van der Waals surface area contributed by atoms with Crippen molar-refractivity contribution in [2.75, 3.05) is 49.2 Å². The first-order valence-electron chi connectivity index (χ1n) is 13.6. The van der Waals surface area contributed by atoms with Crippen molar-refractivity contribution < 1.29 is 13.5 Å². The van der Waals surface area contributed by atoms with Gasteiger partial charge in [-0.25, -0.2) is 18.7 Å². The largest absolute Gasteiger partial charge is 0.381 e. The number of ether oxygens (including phenoxy) is 1. The molecule has 198 valence electrons. The molecular formula is C30H28F2N6O. The molecule has 4 aromatic rings. The van der Waals surface area contributed by atoms with Gasteiger partial charge < -0.3 is 14.5 Å². The summed E-state index contributed by atoms with van der Waals surface area (Å²) < 4.78 is 38.0. The van der Waals surface area contributed by atoms with E-state index in [1.165, 1.54) is 18.6 Å². The maximum atomic E-state index is 16.0. The molecule has 2 atom stereocenters. The van der Waals surface area contributed by atoms with Crippen molar-refractivity contribution >= 4 is 22.5 Å². The van der Waals surface area contributed by atoms with Crippen LogP contribution in [0.3, 0.4) is 0 Å². The summed E-state index contributed by atoms with van der Waals surface area (Å²) in [4.78, 5) is 14.1. The highest BCUT2D eigenvalue weighted by Gasteiger charge is 2.37. The molecule has 0 N–H and O–H groups in total. The second-order valence-electron chi connectivity index (χ2n) is 10.7. The zero-order valence-electron chi connectivity index (χ0n) is 21.5. The van der Waals surface area contributed by atoms with E-state index >= 15 is 4.39 Å². The lowest BCUT2D eigenvalue weighted by molar-refractivity contribution is 0.177. The van der Waals surface area contributed by atoms with Crippen molar-refractivity contribution in [3.63, 3.8) is 0 Å². The third kappa shape index (κ3) is 4.10. The van der Waals surface area contributed by atoms with E-state index in [1.54, 1.807) is 29.0 Å². The average Bonchev–Trinajstić information content (AvgIpc) is 3.67. The van der Waals surface area contributed by atoms with Crippen molar-refractivity contribution in [3.05, 3.63) is 65.9 Å². The number of imidazole rings is 1. The lowest BCUT2D eigenvalue weighted by atomic mass is 10.0. The number of benzene rings is 2. The van der Waals surface area contributed by atoms with Gasteiger partial charge in [-0.15, -0.1) is 0 Å². The molecule has 2 unspecified atom stereocenters. The highest BCUT2D eigenvalue weighted by molar-refractivity contribution is 5.90. The van der Waals surface area contributed by atoms with E-state index in [0.29, 0.717) is 40.1 Å². The van der Waals surface area contributed by atoms with Crippen LogP contribution in [0.15, 0.2) is 48.7 Å². The summed E-state index contributed by atoms with van der Waals surface area (Å²) in [5, 5.41) is 9.23. The number of nitrogens with zero attached hydrogens (tertiary/aromatic N) is 6. The zero-order chi connectivity index (χ0) is 26.5. The molecule has 0 spiro atoms. The number of aromatic nitrogens is 3. The van der Waals surface area contributed by atoms with Gasteiger partial charge in [-0.3, -0.25) is 4.57 Å². The predicted molar refractivity (Wildman–Crippen MR) is 145 cm³/mol. The molecule has 39 heavy (non-hydrogen) atoms. The summed E-state index contributed by atoms with van der Waals surface area (Å²) >= 11 is 0. The smallest absolute Gasteiger partial charge is 0.167 e. The number of piperidine rings is 1. The molecule has 3 aliphatic heterocycles. The number of fused-ring (bicyclic) bond motifs is 2. The standard InChI is InChI=1S/C30H28F2N6O/c31-24-12-19(4-5-20(24)14-33)29-35-28-27(36-10-2-1-3-11-36)8-9-34-30(28)38(29)26-7-6-23(13-25(26)32)37-15-21-17-39-18-22(21)16-37/h4-9,12-13,21-22H,1-3,10-11,15-18H2. The van der Waals surface area contributed by atoms with E-state index in [2.05, 4.69) is 14.8 Å². The molecule has 3 aliphatic rings. The highest BCUT2D eigenvalue weighted by atomic mass is 19.1. The molecule has 0 amide bonds. The zero-order valence-corrected chi connectivity index (χ0v) is 21.5. The minimum atomic E-state index is -0.641. The Balaban J connectivity index is 1.37. The van der Waals surface area contributed by atoms with E-state index in [9.17, 15) is 9.65 Å². The molecule has 3 fully saturated rings. The van der Waals surface area contributed by atoms with Gasteiger partial charge in [0.1, 0.15) is 29.0 Å². The van der Waals surface area contributed by atoms with Crippen LogP contribution < -0.4 is 9.80 Å². The fourth-order valence-corrected chi connectivity index (χ4v) is 6.29. The first-order valence-corrected chi connectivity index (χ1v) is 13.6. The number of hydrogen-bond donors (Lipinski definition) is 0.